The van der Waals surface area contributed by atoms with Gasteiger partial charge in [0.25, 0.3) is 0 Å². The fourth-order valence-corrected chi connectivity index (χ4v) is 6.36. The molecule has 3 aromatic carbocycles. The Morgan fingerprint density at radius 3 is 0.875 bits per heavy atom. The summed E-state index contributed by atoms with van der Waals surface area (Å²) in [5.41, 5.74) is 24.0. The summed E-state index contributed by atoms with van der Waals surface area (Å²) in [5.74, 6) is 0. The molecular weight excluding hydrogens is 554 g/mol. The fourth-order valence-electron chi connectivity index (χ4n) is 5.51. The number of nitriles is 1. The molecule has 0 aliphatic carbocycles. The van der Waals surface area contributed by atoms with E-state index >= 15 is 0 Å². The minimum absolute atomic E-state index is 0.152. The monoisotopic (exact) mass is 605 g/mol. The molecule has 0 atom stereocenters. The third kappa shape index (κ3) is 7.26. The number of hydrogen-bond donors (Lipinski definition) is 1. The van der Waals surface area contributed by atoms with Gasteiger partial charge < -0.3 is 5.11 Å². The van der Waals surface area contributed by atoms with Crippen molar-refractivity contribution in [2.24, 2.45) is 0 Å². The Morgan fingerprint density at radius 1 is 0.425 bits per heavy atom. The lowest BCUT2D eigenvalue weighted by molar-refractivity contribution is 0.280. The zero-order valence-electron chi connectivity index (χ0n) is 27.9. The van der Waals surface area contributed by atoms with Crippen LogP contribution in [0.3, 0.4) is 0 Å². The lowest BCUT2D eigenvalue weighted by Crippen LogP contribution is -2.02. The van der Waals surface area contributed by atoms with Crippen molar-refractivity contribution in [2.75, 3.05) is 0 Å². The van der Waals surface area contributed by atoms with E-state index in [2.05, 4.69) is 126 Å². The summed E-state index contributed by atoms with van der Waals surface area (Å²) in [7, 11) is 0. The molecule has 3 heteroatoms. The van der Waals surface area contributed by atoms with Crippen LogP contribution in [0.2, 0.25) is 0 Å². The maximum atomic E-state index is 9.24. The Bertz CT molecular complexity index is 1280. The van der Waals surface area contributed by atoms with Crippen LogP contribution in [-0.4, -0.2) is 5.11 Å². The van der Waals surface area contributed by atoms with Crippen LogP contribution in [0.15, 0.2) is 0 Å². The topological polar surface area (TPSA) is 44.0 Å². The van der Waals surface area contributed by atoms with Crippen LogP contribution in [0.1, 0.15) is 100 Å². The van der Waals surface area contributed by atoms with Gasteiger partial charge in [0, 0.05) is 5.33 Å². The molecule has 218 valence electrons. The molecule has 2 nitrogen and oxygen atoms in total. The summed E-state index contributed by atoms with van der Waals surface area (Å²) >= 11 is 3.55. The molecule has 0 saturated carbocycles. The van der Waals surface area contributed by atoms with Crippen molar-refractivity contribution in [1.82, 2.24) is 0 Å². The highest BCUT2D eigenvalue weighted by atomic mass is 79.9. The number of rotatable bonds is 3. The van der Waals surface area contributed by atoms with E-state index in [0.29, 0.717) is 6.42 Å². The van der Waals surface area contributed by atoms with Crippen LogP contribution in [-0.2, 0) is 18.4 Å². The van der Waals surface area contributed by atoms with E-state index in [9.17, 15) is 5.11 Å². The maximum absolute atomic E-state index is 9.24. The van der Waals surface area contributed by atoms with Crippen LogP contribution >= 0.6 is 15.9 Å². The first kappa shape index (κ1) is 35.6. The standard InChI is InChI=1S/C13H17N.C12H17Br.C12H18O/c1-8-9(2)11(4)13(6-7-14)12(5)10(8)3;2*1-7-8(2)10(4)12(6-13)11(5)9(7)3/h6H2,1-5H3;6H2,1-5H3;13H,6H2,1-5H3. The van der Waals surface area contributed by atoms with Gasteiger partial charge in [0.05, 0.1) is 19.1 Å². The van der Waals surface area contributed by atoms with Crippen LogP contribution < -0.4 is 0 Å². The van der Waals surface area contributed by atoms with Gasteiger partial charge in [-0.25, -0.2) is 0 Å². The first-order chi connectivity index (χ1) is 18.5. The van der Waals surface area contributed by atoms with Gasteiger partial charge in [0.1, 0.15) is 0 Å². The number of halogens is 1. The van der Waals surface area contributed by atoms with Crippen molar-refractivity contribution < 1.29 is 5.11 Å². The molecule has 0 heterocycles. The summed E-state index contributed by atoms with van der Waals surface area (Å²) < 4.78 is 0. The predicted octanol–water partition coefficient (Wildman–Crippen LogP) is 10.1. The van der Waals surface area contributed by atoms with E-state index in [0.717, 1.165) is 10.9 Å². The van der Waals surface area contributed by atoms with Crippen LogP contribution in [0.4, 0.5) is 0 Å². The van der Waals surface area contributed by atoms with E-state index in [-0.39, 0.29) is 6.61 Å². The smallest absolute Gasteiger partial charge is 0.0687 e. The van der Waals surface area contributed by atoms with Gasteiger partial charge >= 0.3 is 0 Å². The SMILES string of the molecule is Cc1c(C)c(C)c(CBr)c(C)c1C.Cc1c(C)c(C)c(CC#N)c(C)c1C.Cc1c(C)c(C)c(CO)c(C)c1C. The summed E-state index contributed by atoms with van der Waals surface area (Å²) in [6.07, 6.45) is 0.527. The highest BCUT2D eigenvalue weighted by molar-refractivity contribution is 9.08. The highest BCUT2D eigenvalue weighted by Crippen LogP contribution is 2.28. The van der Waals surface area contributed by atoms with E-state index in [1.165, 1.54) is 94.6 Å². The molecule has 3 aromatic rings. The molecule has 0 spiro atoms. The third-order valence-electron chi connectivity index (χ3n) is 10.0. The molecule has 0 aromatic heterocycles. The lowest BCUT2D eigenvalue weighted by Gasteiger charge is -2.16. The summed E-state index contributed by atoms with van der Waals surface area (Å²) in [4.78, 5) is 0. The molecule has 0 bridgehead atoms. The first-order valence-corrected chi connectivity index (χ1v) is 15.3. The second-order valence-electron chi connectivity index (χ2n) is 11.4. The van der Waals surface area contributed by atoms with Gasteiger partial charge in [-0.05, 0) is 204 Å². The van der Waals surface area contributed by atoms with E-state index < -0.39 is 0 Å². The molecule has 0 aliphatic heterocycles. The van der Waals surface area contributed by atoms with Crippen LogP contribution in [0, 0.1) is 115 Å². The quantitative estimate of drug-likeness (QED) is 0.302. The summed E-state index contributed by atoms with van der Waals surface area (Å²) in [5, 5.41) is 19.0. The normalized spacial score (nSPS) is 10.4. The first-order valence-electron chi connectivity index (χ1n) is 14.2. The largest absolute Gasteiger partial charge is 0.392 e. The average molecular weight is 607 g/mol. The van der Waals surface area contributed by atoms with Gasteiger partial charge in [-0.15, -0.1) is 0 Å². The number of hydrogen-bond acceptors (Lipinski definition) is 2. The van der Waals surface area contributed by atoms with Crippen molar-refractivity contribution in [3.63, 3.8) is 0 Å². The van der Waals surface area contributed by atoms with Gasteiger partial charge in [-0.2, -0.15) is 5.26 Å². The van der Waals surface area contributed by atoms with Crippen LogP contribution in [0.5, 0.6) is 0 Å². The minimum atomic E-state index is 0.152. The molecule has 0 aliphatic rings. The Labute approximate surface area is 254 Å². The molecule has 0 unspecified atom stereocenters. The van der Waals surface area contributed by atoms with Crippen molar-refractivity contribution in [2.45, 2.75) is 122 Å². The molecule has 0 saturated heterocycles. The second kappa shape index (κ2) is 15.0. The van der Waals surface area contributed by atoms with E-state index in [1.807, 2.05) is 0 Å². The molecule has 1 N–H and O–H groups in total. The number of alkyl halides is 1. The number of benzene rings is 3. The highest BCUT2D eigenvalue weighted by Gasteiger charge is 2.12. The molecule has 0 amide bonds. The number of aliphatic hydroxyl groups excluding tert-OH is 1. The molecule has 0 fully saturated rings. The second-order valence-corrected chi connectivity index (χ2v) is 12.0. The Morgan fingerprint density at radius 2 is 0.650 bits per heavy atom. The Balaban J connectivity index is 0.000000300. The molecule has 0 radical (unpaired) electrons. The third-order valence-corrected chi connectivity index (χ3v) is 10.6. The van der Waals surface area contributed by atoms with Crippen molar-refractivity contribution >= 4 is 15.9 Å². The Kier molecular flexibility index (Phi) is 13.4. The van der Waals surface area contributed by atoms with Gasteiger partial charge in [-0.3, -0.25) is 0 Å². The zero-order chi connectivity index (χ0) is 31.2. The van der Waals surface area contributed by atoms with Crippen LogP contribution in [0.25, 0.3) is 0 Å². The van der Waals surface area contributed by atoms with Crippen molar-refractivity contribution in [1.29, 1.82) is 5.26 Å². The summed E-state index contributed by atoms with van der Waals surface area (Å²) in [6, 6.07) is 2.24. The van der Waals surface area contributed by atoms with Gasteiger partial charge in [0.2, 0.25) is 0 Å². The molecule has 40 heavy (non-hydrogen) atoms. The molecule has 3 rings (SSSR count). The van der Waals surface area contributed by atoms with E-state index in [1.54, 1.807) is 0 Å². The van der Waals surface area contributed by atoms with E-state index in [4.69, 9.17) is 5.26 Å². The van der Waals surface area contributed by atoms with Crippen molar-refractivity contribution in [3.05, 3.63) is 100 Å². The van der Waals surface area contributed by atoms with Crippen molar-refractivity contribution in [3.8, 4) is 6.07 Å². The lowest BCUT2D eigenvalue weighted by atomic mass is 9.88. The zero-order valence-corrected chi connectivity index (χ0v) is 29.5. The average Bonchev–Trinajstić information content (AvgIpc) is 2.94. The minimum Gasteiger partial charge on any atom is -0.392 e. The molecular formula is C37H52BrNO. The summed E-state index contributed by atoms with van der Waals surface area (Å²) in [6.45, 7) is 32.4. The predicted molar refractivity (Wildman–Crippen MR) is 178 cm³/mol. The number of aliphatic hydroxyl groups is 1. The fraction of sp³-hybridized carbons (Fsp3) is 0.486. The van der Waals surface area contributed by atoms with Gasteiger partial charge in [0.15, 0.2) is 0 Å². The number of nitrogens with zero attached hydrogens (tertiary/aromatic N) is 1. The maximum Gasteiger partial charge on any atom is 0.0687 e. The Hall–Kier alpha value is -2.41. The van der Waals surface area contributed by atoms with Gasteiger partial charge in [-0.1, -0.05) is 15.9 Å².